The van der Waals surface area contributed by atoms with Crippen LogP contribution in [0.5, 0.6) is 0 Å². The van der Waals surface area contributed by atoms with E-state index in [1.807, 2.05) is 4.90 Å². The van der Waals surface area contributed by atoms with Crippen molar-refractivity contribution in [1.82, 2.24) is 4.90 Å². The van der Waals surface area contributed by atoms with Crippen molar-refractivity contribution >= 4 is 17.5 Å². The molecule has 0 aromatic heterocycles. The van der Waals surface area contributed by atoms with Gasteiger partial charge in [0.1, 0.15) is 11.9 Å². The highest BCUT2D eigenvalue weighted by molar-refractivity contribution is 5.87. The average Bonchev–Trinajstić information content (AvgIpc) is 2.52. The molecular weight excluding hydrogens is 289 g/mol. The van der Waals surface area contributed by atoms with Gasteiger partial charge in [-0.3, -0.25) is 9.59 Å². The second-order valence-electron chi connectivity index (χ2n) is 5.17. The molecule has 1 aromatic carbocycles. The van der Waals surface area contributed by atoms with Gasteiger partial charge < -0.3 is 20.3 Å². The Hall–Kier alpha value is -2.15. The molecule has 120 valence electrons. The number of halogens is 1. The molecule has 0 spiro atoms. The lowest BCUT2D eigenvalue weighted by atomic mass is 10.1. The number of benzene rings is 1. The molecule has 1 aromatic rings. The molecule has 2 N–H and O–H groups in total. The number of piperazine rings is 1. The van der Waals surface area contributed by atoms with Gasteiger partial charge in [-0.05, 0) is 24.3 Å². The van der Waals surface area contributed by atoms with Crippen LogP contribution in [0.3, 0.4) is 0 Å². The van der Waals surface area contributed by atoms with Crippen LogP contribution in [-0.4, -0.2) is 56.1 Å². The van der Waals surface area contributed by atoms with E-state index in [0.717, 1.165) is 5.69 Å². The summed E-state index contributed by atoms with van der Waals surface area (Å²) >= 11 is 0. The van der Waals surface area contributed by atoms with E-state index < -0.39 is 11.9 Å². The van der Waals surface area contributed by atoms with Crippen LogP contribution in [0, 0.1) is 5.82 Å². The van der Waals surface area contributed by atoms with Crippen LogP contribution in [0.1, 0.15) is 6.42 Å². The van der Waals surface area contributed by atoms with Gasteiger partial charge in [0.15, 0.2) is 0 Å². The van der Waals surface area contributed by atoms with Gasteiger partial charge in [0.25, 0.3) is 0 Å². The first-order valence-electron chi connectivity index (χ1n) is 7.11. The maximum absolute atomic E-state index is 13.0. The lowest BCUT2D eigenvalue weighted by Crippen LogP contribution is -2.60. The normalized spacial score (nSPS) is 18.4. The number of amides is 2. The van der Waals surface area contributed by atoms with Gasteiger partial charge in [0, 0.05) is 32.4 Å². The minimum absolute atomic E-state index is 0.149. The fraction of sp³-hybridized carbons (Fsp3) is 0.467. The van der Waals surface area contributed by atoms with E-state index in [1.165, 1.54) is 24.1 Å². The zero-order valence-corrected chi connectivity index (χ0v) is 12.5. The quantitative estimate of drug-likeness (QED) is 0.852. The monoisotopic (exact) mass is 309 g/mol. The summed E-state index contributed by atoms with van der Waals surface area (Å²) in [5, 5.41) is 0. The average molecular weight is 309 g/mol. The van der Waals surface area contributed by atoms with Gasteiger partial charge in [-0.25, -0.2) is 4.39 Å². The molecule has 1 atom stereocenters. The number of rotatable bonds is 5. The van der Waals surface area contributed by atoms with Gasteiger partial charge in [0.05, 0.1) is 13.0 Å². The summed E-state index contributed by atoms with van der Waals surface area (Å²) in [4.78, 5) is 27.2. The van der Waals surface area contributed by atoms with Crippen molar-refractivity contribution in [1.29, 1.82) is 0 Å². The number of carbonyl (C=O) groups excluding carboxylic acids is 2. The fourth-order valence-corrected chi connectivity index (χ4v) is 2.54. The summed E-state index contributed by atoms with van der Waals surface area (Å²) in [6, 6.07) is 5.34. The van der Waals surface area contributed by atoms with E-state index in [9.17, 15) is 14.0 Å². The number of methoxy groups -OCH3 is 1. The second-order valence-corrected chi connectivity index (χ2v) is 5.17. The summed E-state index contributed by atoms with van der Waals surface area (Å²) in [6.07, 6.45) is 0.219. The first kappa shape index (κ1) is 16.2. The summed E-state index contributed by atoms with van der Waals surface area (Å²) in [6.45, 7) is 1.57. The van der Waals surface area contributed by atoms with Gasteiger partial charge in [-0.15, -0.1) is 0 Å². The van der Waals surface area contributed by atoms with E-state index >= 15 is 0 Å². The van der Waals surface area contributed by atoms with Crippen LogP contribution in [-0.2, 0) is 14.3 Å². The predicted molar refractivity (Wildman–Crippen MR) is 79.8 cm³/mol. The molecule has 1 aliphatic rings. The maximum atomic E-state index is 13.0. The molecule has 0 aliphatic carbocycles. The Balaban J connectivity index is 2.09. The molecule has 1 fully saturated rings. The highest BCUT2D eigenvalue weighted by Crippen LogP contribution is 2.20. The van der Waals surface area contributed by atoms with Crippen LogP contribution in [0.25, 0.3) is 0 Å². The zero-order valence-electron chi connectivity index (χ0n) is 12.5. The zero-order chi connectivity index (χ0) is 16.1. The van der Waals surface area contributed by atoms with E-state index in [0.29, 0.717) is 26.2 Å². The molecule has 0 bridgehead atoms. The molecule has 7 heteroatoms. The number of hydrogen-bond donors (Lipinski definition) is 1. The highest BCUT2D eigenvalue weighted by Gasteiger charge is 2.33. The van der Waals surface area contributed by atoms with Crippen LogP contribution in [0.15, 0.2) is 24.3 Å². The third kappa shape index (κ3) is 3.73. The lowest BCUT2D eigenvalue weighted by molar-refractivity contribution is -0.140. The minimum atomic E-state index is -0.692. The highest BCUT2D eigenvalue weighted by atomic mass is 19.1. The smallest absolute Gasteiger partial charge is 0.242 e. The van der Waals surface area contributed by atoms with Crippen molar-refractivity contribution in [3.63, 3.8) is 0 Å². The maximum Gasteiger partial charge on any atom is 0.242 e. The van der Waals surface area contributed by atoms with Crippen LogP contribution in [0.4, 0.5) is 10.1 Å². The van der Waals surface area contributed by atoms with E-state index in [2.05, 4.69) is 0 Å². The number of nitrogens with two attached hydrogens (primary N) is 1. The molecule has 2 rings (SSSR count). The first-order chi connectivity index (χ1) is 10.5. The van der Waals surface area contributed by atoms with Gasteiger partial charge in [0.2, 0.25) is 11.8 Å². The van der Waals surface area contributed by atoms with Gasteiger partial charge >= 0.3 is 0 Å². The van der Waals surface area contributed by atoms with Gasteiger partial charge in [-0.2, -0.15) is 0 Å². The summed E-state index contributed by atoms with van der Waals surface area (Å²) in [5.74, 6) is -1.01. The third-order valence-corrected chi connectivity index (χ3v) is 3.74. The molecule has 2 amide bonds. The molecule has 22 heavy (non-hydrogen) atoms. The van der Waals surface area contributed by atoms with Crippen LogP contribution >= 0.6 is 0 Å². The summed E-state index contributed by atoms with van der Waals surface area (Å²) in [5.41, 5.74) is 6.24. The van der Waals surface area contributed by atoms with Crippen molar-refractivity contribution in [2.75, 3.05) is 38.3 Å². The Morgan fingerprint density at radius 1 is 1.32 bits per heavy atom. The standard InChI is InChI=1S/C15H20FN3O3/c1-22-9-6-14(20)19-8-7-18(10-13(19)15(17)21)12-4-2-11(16)3-5-12/h2-5,13H,6-10H2,1H3,(H2,17,21). The third-order valence-electron chi connectivity index (χ3n) is 3.74. The van der Waals surface area contributed by atoms with Crippen molar-refractivity contribution in [3.8, 4) is 0 Å². The largest absolute Gasteiger partial charge is 0.384 e. The molecule has 0 saturated carbocycles. The van der Waals surface area contributed by atoms with Crippen LogP contribution < -0.4 is 10.6 Å². The number of hydrogen-bond acceptors (Lipinski definition) is 4. The fourth-order valence-electron chi connectivity index (χ4n) is 2.54. The van der Waals surface area contributed by atoms with Crippen molar-refractivity contribution < 1.29 is 18.7 Å². The number of ether oxygens (including phenoxy) is 1. The van der Waals surface area contributed by atoms with Crippen molar-refractivity contribution in [2.24, 2.45) is 5.73 Å². The minimum Gasteiger partial charge on any atom is -0.384 e. The number of carbonyl (C=O) groups is 2. The molecule has 0 radical (unpaired) electrons. The topological polar surface area (TPSA) is 75.9 Å². The Morgan fingerprint density at radius 3 is 2.59 bits per heavy atom. The number of primary amides is 1. The SMILES string of the molecule is COCCC(=O)N1CCN(c2ccc(F)cc2)CC1C(N)=O. The molecule has 1 saturated heterocycles. The number of anilines is 1. The van der Waals surface area contributed by atoms with E-state index in [-0.39, 0.29) is 18.1 Å². The van der Waals surface area contributed by atoms with E-state index in [4.69, 9.17) is 10.5 Å². The number of nitrogens with zero attached hydrogens (tertiary/aromatic N) is 2. The van der Waals surface area contributed by atoms with Gasteiger partial charge in [-0.1, -0.05) is 0 Å². The second kappa shape index (κ2) is 7.22. The molecule has 1 heterocycles. The van der Waals surface area contributed by atoms with E-state index in [1.54, 1.807) is 12.1 Å². The molecule has 1 aliphatic heterocycles. The van der Waals surface area contributed by atoms with Crippen molar-refractivity contribution in [2.45, 2.75) is 12.5 Å². The first-order valence-corrected chi connectivity index (χ1v) is 7.11. The summed E-state index contributed by atoms with van der Waals surface area (Å²) in [7, 11) is 1.52. The van der Waals surface area contributed by atoms with Crippen molar-refractivity contribution in [3.05, 3.63) is 30.1 Å². The molecule has 6 nitrogen and oxygen atoms in total. The Labute approximate surface area is 128 Å². The lowest BCUT2D eigenvalue weighted by Gasteiger charge is -2.41. The Bertz CT molecular complexity index is 535. The molecule has 1 unspecified atom stereocenters. The molecular formula is C15H20FN3O3. The predicted octanol–water partition coefficient (Wildman–Crippen LogP) is 0.365. The Kier molecular flexibility index (Phi) is 5.32. The van der Waals surface area contributed by atoms with Crippen LogP contribution in [0.2, 0.25) is 0 Å². The Morgan fingerprint density at radius 2 is 2.00 bits per heavy atom. The summed E-state index contributed by atoms with van der Waals surface area (Å²) < 4.78 is 17.9.